The Morgan fingerprint density at radius 3 is 2.57 bits per heavy atom. The number of benzene rings is 2. The Bertz CT molecular complexity index is 724. The predicted molar refractivity (Wildman–Crippen MR) is 96.4 cm³/mol. The second kappa shape index (κ2) is 6.88. The van der Waals surface area contributed by atoms with E-state index < -0.39 is 0 Å². The van der Waals surface area contributed by atoms with Crippen molar-refractivity contribution < 1.29 is 4.79 Å². The molecule has 0 spiro atoms. The molecule has 0 bridgehead atoms. The summed E-state index contributed by atoms with van der Waals surface area (Å²) >= 11 is 5.98. The van der Waals surface area contributed by atoms with E-state index >= 15 is 0 Å². The van der Waals surface area contributed by atoms with Crippen LogP contribution in [-0.2, 0) is 4.79 Å². The molecule has 0 saturated carbocycles. The smallest absolute Gasteiger partial charge is 0.240 e. The maximum atomic E-state index is 11.5. The minimum Gasteiger partial charge on any atom is -0.368 e. The number of amides is 1. The van der Waals surface area contributed by atoms with Gasteiger partial charge in [0.1, 0.15) is 6.04 Å². The Labute approximate surface area is 141 Å². The molecule has 1 aliphatic rings. The van der Waals surface area contributed by atoms with Crippen molar-refractivity contribution in [2.75, 3.05) is 11.4 Å². The standard InChI is InChI=1S/C19H19ClN2O/c20-16-4-1-3-15(13-16)7-6-14-8-10-17(11-9-14)22-12-2-5-18(22)19(21)23/h1,3-4,6-11,13,18H,2,5,12H2,(H2,21,23)/b7-6+/t18-/m1/s1. The van der Waals surface area contributed by atoms with Crippen molar-refractivity contribution >= 4 is 35.3 Å². The normalized spacial score (nSPS) is 17.8. The molecule has 0 aromatic heterocycles. The summed E-state index contributed by atoms with van der Waals surface area (Å²) in [5, 5.41) is 0.731. The van der Waals surface area contributed by atoms with Gasteiger partial charge in [-0.2, -0.15) is 0 Å². The quantitative estimate of drug-likeness (QED) is 0.864. The Balaban J connectivity index is 1.73. The molecule has 3 rings (SSSR count). The average molecular weight is 327 g/mol. The van der Waals surface area contributed by atoms with E-state index in [4.69, 9.17) is 17.3 Å². The second-order valence-electron chi connectivity index (χ2n) is 5.73. The number of hydrogen-bond donors (Lipinski definition) is 1. The molecule has 1 aliphatic heterocycles. The maximum absolute atomic E-state index is 11.5. The van der Waals surface area contributed by atoms with E-state index in [1.807, 2.05) is 60.7 Å². The van der Waals surface area contributed by atoms with Gasteiger partial charge in [-0.15, -0.1) is 0 Å². The molecule has 3 nitrogen and oxygen atoms in total. The molecule has 118 valence electrons. The molecule has 1 fully saturated rings. The summed E-state index contributed by atoms with van der Waals surface area (Å²) in [6.07, 6.45) is 5.92. The van der Waals surface area contributed by atoms with Gasteiger partial charge < -0.3 is 10.6 Å². The van der Waals surface area contributed by atoms with Gasteiger partial charge in [0, 0.05) is 17.3 Å². The largest absolute Gasteiger partial charge is 0.368 e. The molecule has 1 saturated heterocycles. The van der Waals surface area contributed by atoms with E-state index in [-0.39, 0.29) is 11.9 Å². The summed E-state index contributed by atoms with van der Waals surface area (Å²) in [6.45, 7) is 0.880. The lowest BCUT2D eigenvalue weighted by molar-refractivity contribution is -0.119. The molecule has 0 unspecified atom stereocenters. The van der Waals surface area contributed by atoms with Crippen molar-refractivity contribution in [3.63, 3.8) is 0 Å². The minimum atomic E-state index is -0.243. The fourth-order valence-corrected chi connectivity index (χ4v) is 3.15. The second-order valence-corrected chi connectivity index (χ2v) is 6.17. The van der Waals surface area contributed by atoms with E-state index in [0.717, 1.165) is 41.2 Å². The Morgan fingerprint density at radius 2 is 1.87 bits per heavy atom. The summed E-state index contributed by atoms with van der Waals surface area (Å²) < 4.78 is 0. The summed E-state index contributed by atoms with van der Waals surface area (Å²) in [7, 11) is 0. The van der Waals surface area contributed by atoms with Gasteiger partial charge in [-0.05, 0) is 48.2 Å². The van der Waals surface area contributed by atoms with Crippen LogP contribution < -0.4 is 10.6 Å². The van der Waals surface area contributed by atoms with E-state index in [1.54, 1.807) is 0 Å². The molecule has 0 aliphatic carbocycles. The first kappa shape index (κ1) is 15.6. The Kier molecular flexibility index (Phi) is 4.68. The summed E-state index contributed by atoms with van der Waals surface area (Å²) in [4.78, 5) is 13.6. The summed E-state index contributed by atoms with van der Waals surface area (Å²) in [5.74, 6) is -0.243. The zero-order valence-electron chi connectivity index (χ0n) is 12.8. The van der Waals surface area contributed by atoms with Crippen molar-refractivity contribution in [1.29, 1.82) is 0 Å². The minimum absolute atomic E-state index is 0.178. The molecule has 2 aromatic carbocycles. The van der Waals surface area contributed by atoms with Crippen LogP contribution in [0, 0.1) is 0 Å². The lowest BCUT2D eigenvalue weighted by Crippen LogP contribution is -2.40. The van der Waals surface area contributed by atoms with Crippen LogP contribution in [0.5, 0.6) is 0 Å². The summed E-state index contributed by atoms with van der Waals surface area (Å²) in [5.41, 5.74) is 8.69. The van der Waals surface area contributed by atoms with Gasteiger partial charge in [0.05, 0.1) is 0 Å². The maximum Gasteiger partial charge on any atom is 0.240 e. The fourth-order valence-electron chi connectivity index (χ4n) is 2.95. The van der Waals surface area contributed by atoms with Crippen molar-refractivity contribution in [1.82, 2.24) is 0 Å². The molecule has 1 atom stereocenters. The first-order chi connectivity index (χ1) is 11.1. The topological polar surface area (TPSA) is 46.3 Å². The van der Waals surface area contributed by atoms with Crippen molar-refractivity contribution in [2.45, 2.75) is 18.9 Å². The third kappa shape index (κ3) is 3.74. The third-order valence-corrected chi connectivity index (χ3v) is 4.36. The van der Waals surface area contributed by atoms with Crippen LogP contribution in [0.1, 0.15) is 24.0 Å². The van der Waals surface area contributed by atoms with Crippen LogP contribution in [0.4, 0.5) is 5.69 Å². The zero-order valence-corrected chi connectivity index (χ0v) is 13.5. The number of nitrogens with two attached hydrogens (primary N) is 1. The van der Waals surface area contributed by atoms with Gasteiger partial charge in [-0.25, -0.2) is 0 Å². The number of rotatable bonds is 4. The Hall–Kier alpha value is -2.26. The number of carbonyl (C=O) groups excluding carboxylic acids is 1. The highest BCUT2D eigenvalue weighted by molar-refractivity contribution is 6.30. The molecular formula is C19H19ClN2O. The van der Waals surface area contributed by atoms with Gasteiger partial charge in [-0.3, -0.25) is 4.79 Å². The SMILES string of the molecule is NC(=O)[C@H]1CCCN1c1ccc(/C=C/c2cccc(Cl)c2)cc1. The number of carbonyl (C=O) groups is 1. The first-order valence-corrected chi connectivity index (χ1v) is 8.11. The predicted octanol–water partition coefficient (Wildman–Crippen LogP) is 3.96. The van der Waals surface area contributed by atoms with E-state index in [0.29, 0.717) is 0 Å². The van der Waals surface area contributed by atoms with Crippen molar-refractivity contribution in [3.05, 3.63) is 64.7 Å². The molecule has 2 N–H and O–H groups in total. The monoisotopic (exact) mass is 326 g/mol. The highest BCUT2D eigenvalue weighted by Gasteiger charge is 2.28. The van der Waals surface area contributed by atoms with E-state index in [1.165, 1.54) is 0 Å². The van der Waals surface area contributed by atoms with E-state index in [2.05, 4.69) is 4.90 Å². The number of hydrogen-bond acceptors (Lipinski definition) is 2. The molecule has 2 aromatic rings. The van der Waals surface area contributed by atoms with Gasteiger partial charge in [-0.1, -0.05) is 48.0 Å². The van der Waals surface area contributed by atoms with Gasteiger partial charge >= 0.3 is 0 Å². The lowest BCUT2D eigenvalue weighted by atomic mass is 10.1. The average Bonchev–Trinajstić information content (AvgIpc) is 3.03. The zero-order chi connectivity index (χ0) is 16.2. The number of nitrogens with zero attached hydrogens (tertiary/aromatic N) is 1. The molecule has 0 radical (unpaired) electrons. The highest BCUT2D eigenvalue weighted by atomic mass is 35.5. The molecule has 1 amide bonds. The Morgan fingerprint density at radius 1 is 1.13 bits per heavy atom. The van der Waals surface area contributed by atoms with Gasteiger partial charge in [0.25, 0.3) is 0 Å². The van der Waals surface area contributed by atoms with Crippen LogP contribution in [0.3, 0.4) is 0 Å². The van der Waals surface area contributed by atoms with Crippen LogP contribution in [0.15, 0.2) is 48.5 Å². The summed E-state index contributed by atoms with van der Waals surface area (Å²) in [6, 6.07) is 15.7. The molecule has 4 heteroatoms. The fraction of sp³-hybridized carbons (Fsp3) is 0.211. The van der Waals surface area contributed by atoms with Crippen molar-refractivity contribution in [3.8, 4) is 0 Å². The van der Waals surface area contributed by atoms with Gasteiger partial charge in [0.15, 0.2) is 0 Å². The van der Waals surface area contributed by atoms with Crippen LogP contribution >= 0.6 is 11.6 Å². The number of anilines is 1. The highest BCUT2D eigenvalue weighted by Crippen LogP contribution is 2.26. The number of halogens is 1. The van der Waals surface area contributed by atoms with Crippen LogP contribution in [-0.4, -0.2) is 18.5 Å². The van der Waals surface area contributed by atoms with Crippen LogP contribution in [0.25, 0.3) is 12.2 Å². The van der Waals surface area contributed by atoms with Crippen LogP contribution in [0.2, 0.25) is 5.02 Å². The number of primary amides is 1. The van der Waals surface area contributed by atoms with Crippen molar-refractivity contribution in [2.24, 2.45) is 5.73 Å². The third-order valence-electron chi connectivity index (χ3n) is 4.12. The first-order valence-electron chi connectivity index (χ1n) is 7.73. The molecule has 23 heavy (non-hydrogen) atoms. The lowest BCUT2D eigenvalue weighted by Gasteiger charge is -2.24. The van der Waals surface area contributed by atoms with Gasteiger partial charge in [0.2, 0.25) is 5.91 Å². The van der Waals surface area contributed by atoms with E-state index in [9.17, 15) is 4.79 Å². The molecule has 1 heterocycles. The molecular weight excluding hydrogens is 308 g/mol.